The molecule has 11 heavy (non-hydrogen) atoms. The number of nitrogens with one attached hydrogen (secondary N) is 2. The molecule has 0 aliphatic heterocycles. The molecule has 0 atom stereocenters. The molecule has 0 spiro atoms. The lowest BCUT2D eigenvalue weighted by atomic mass is 10.5. The second-order valence-corrected chi connectivity index (χ2v) is 2.71. The van der Waals surface area contributed by atoms with Gasteiger partial charge in [0.2, 0.25) is 5.91 Å². The van der Waals surface area contributed by atoms with Gasteiger partial charge in [-0.15, -0.1) is 0 Å². The van der Waals surface area contributed by atoms with Gasteiger partial charge in [0.1, 0.15) is 6.67 Å². The zero-order chi connectivity index (χ0) is 8.10. The van der Waals surface area contributed by atoms with Crippen LogP contribution in [0, 0.1) is 0 Å². The predicted octanol–water partition coefficient (Wildman–Crippen LogP) is -0.176. The summed E-state index contributed by atoms with van der Waals surface area (Å²) in [4.78, 5) is 10.9. The van der Waals surface area contributed by atoms with Gasteiger partial charge in [-0.3, -0.25) is 4.79 Å². The standard InChI is InChI=1S/C7H13FN2O/c8-3-4-9-5-7(11)10-6-1-2-6/h6,9H,1-5H2,(H,10,11). The Bertz CT molecular complexity index is 136. The molecule has 1 aliphatic carbocycles. The first-order valence-electron chi connectivity index (χ1n) is 3.89. The molecule has 64 valence electrons. The number of carbonyl (C=O) groups excluding carboxylic acids is 1. The summed E-state index contributed by atoms with van der Waals surface area (Å²) in [6.45, 7) is 0.0786. The summed E-state index contributed by atoms with van der Waals surface area (Å²) in [7, 11) is 0. The monoisotopic (exact) mass is 160 g/mol. The van der Waals surface area contributed by atoms with Gasteiger partial charge >= 0.3 is 0 Å². The zero-order valence-electron chi connectivity index (χ0n) is 6.40. The summed E-state index contributed by atoms with van der Waals surface area (Å²) in [6, 6.07) is 0.398. The molecule has 4 heteroatoms. The predicted molar refractivity (Wildman–Crippen MR) is 40.0 cm³/mol. The number of alkyl halides is 1. The van der Waals surface area contributed by atoms with Gasteiger partial charge in [-0.1, -0.05) is 0 Å². The lowest BCUT2D eigenvalue weighted by Gasteiger charge is -2.02. The Morgan fingerprint density at radius 2 is 2.27 bits per heavy atom. The van der Waals surface area contributed by atoms with E-state index in [0.29, 0.717) is 6.04 Å². The molecule has 1 fully saturated rings. The van der Waals surface area contributed by atoms with Gasteiger partial charge in [0.05, 0.1) is 6.54 Å². The average molecular weight is 160 g/mol. The number of amides is 1. The summed E-state index contributed by atoms with van der Waals surface area (Å²) in [5, 5.41) is 5.47. The normalized spacial score (nSPS) is 16.5. The van der Waals surface area contributed by atoms with Crippen LogP contribution >= 0.6 is 0 Å². The maximum atomic E-state index is 11.5. The maximum Gasteiger partial charge on any atom is 0.234 e. The fourth-order valence-corrected chi connectivity index (χ4v) is 0.775. The van der Waals surface area contributed by atoms with Crippen LogP contribution in [0.2, 0.25) is 0 Å². The quantitative estimate of drug-likeness (QED) is 0.548. The van der Waals surface area contributed by atoms with Gasteiger partial charge in [0.25, 0.3) is 0 Å². The van der Waals surface area contributed by atoms with Crippen molar-refractivity contribution in [2.45, 2.75) is 18.9 Å². The van der Waals surface area contributed by atoms with Crippen molar-refractivity contribution in [3.63, 3.8) is 0 Å². The van der Waals surface area contributed by atoms with Crippen LogP contribution in [0.1, 0.15) is 12.8 Å². The van der Waals surface area contributed by atoms with E-state index in [4.69, 9.17) is 0 Å². The number of rotatable bonds is 5. The van der Waals surface area contributed by atoms with E-state index < -0.39 is 6.67 Å². The Morgan fingerprint density at radius 3 is 2.82 bits per heavy atom. The molecule has 1 aliphatic rings. The van der Waals surface area contributed by atoms with Gasteiger partial charge < -0.3 is 10.6 Å². The van der Waals surface area contributed by atoms with Crippen molar-refractivity contribution >= 4 is 5.91 Å². The Labute approximate surface area is 65.3 Å². The number of carbonyl (C=O) groups is 1. The molecule has 0 aromatic carbocycles. The Balaban J connectivity index is 1.92. The van der Waals surface area contributed by atoms with E-state index in [1.165, 1.54) is 0 Å². The van der Waals surface area contributed by atoms with Crippen molar-refractivity contribution in [1.82, 2.24) is 10.6 Å². The minimum absolute atomic E-state index is 0.0269. The molecule has 0 heterocycles. The van der Waals surface area contributed by atoms with Gasteiger partial charge in [-0.2, -0.15) is 0 Å². The second kappa shape index (κ2) is 4.28. The van der Waals surface area contributed by atoms with E-state index in [9.17, 15) is 9.18 Å². The molecule has 2 N–H and O–H groups in total. The molecule has 0 unspecified atom stereocenters. The fraction of sp³-hybridized carbons (Fsp3) is 0.857. The third-order valence-corrected chi connectivity index (χ3v) is 1.50. The topological polar surface area (TPSA) is 41.1 Å². The minimum atomic E-state index is -0.420. The Kier molecular flexibility index (Phi) is 3.29. The van der Waals surface area contributed by atoms with Crippen molar-refractivity contribution in [2.75, 3.05) is 19.8 Å². The van der Waals surface area contributed by atoms with Crippen LogP contribution in [0.4, 0.5) is 4.39 Å². The molecule has 1 amide bonds. The fourth-order valence-electron chi connectivity index (χ4n) is 0.775. The first kappa shape index (κ1) is 8.46. The minimum Gasteiger partial charge on any atom is -0.352 e. The first-order valence-corrected chi connectivity index (χ1v) is 3.89. The highest BCUT2D eigenvalue weighted by Crippen LogP contribution is 2.17. The summed E-state index contributed by atoms with van der Waals surface area (Å²) in [6.07, 6.45) is 2.18. The van der Waals surface area contributed by atoms with Crippen LogP contribution < -0.4 is 10.6 Å². The van der Waals surface area contributed by atoms with Crippen molar-refractivity contribution in [3.05, 3.63) is 0 Å². The second-order valence-electron chi connectivity index (χ2n) is 2.71. The van der Waals surface area contributed by atoms with Crippen molar-refractivity contribution in [1.29, 1.82) is 0 Å². The van der Waals surface area contributed by atoms with Gasteiger partial charge in [-0.25, -0.2) is 4.39 Å². The van der Waals surface area contributed by atoms with Gasteiger partial charge in [0.15, 0.2) is 0 Å². The van der Waals surface area contributed by atoms with Crippen molar-refractivity contribution < 1.29 is 9.18 Å². The molecule has 3 nitrogen and oxygen atoms in total. The van der Waals surface area contributed by atoms with Gasteiger partial charge in [-0.05, 0) is 12.8 Å². The van der Waals surface area contributed by atoms with E-state index in [-0.39, 0.29) is 19.0 Å². The Morgan fingerprint density at radius 1 is 1.55 bits per heavy atom. The lowest BCUT2D eigenvalue weighted by molar-refractivity contribution is -0.120. The van der Waals surface area contributed by atoms with E-state index in [2.05, 4.69) is 10.6 Å². The van der Waals surface area contributed by atoms with Crippen LogP contribution in [-0.2, 0) is 4.79 Å². The third kappa shape index (κ3) is 3.93. The highest BCUT2D eigenvalue weighted by atomic mass is 19.1. The smallest absolute Gasteiger partial charge is 0.234 e. The van der Waals surface area contributed by atoms with Crippen LogP contribution in [0.3, 0.4) is 0 Å². The van der Waals surface area contributed by atoms with Crippen LogP contribution in [0.25, 0.3) is 0 Å². The molecule has 0 aromatic rings. The van der Waals surface area contributed by atoms with Crippen molar-refractivity contribution in [3.8, 4) is 0 Å². The highest BCUT2D eigenvalue weighted by molar-refractivity contribution is 5.78. The summed E-state index contributed by atoms with van der Waals surface area (Å²) in [5.74, 6) is -0.0269. The lowest BCUT2D eigenvalue weighted by Crippen LogP contribution is -2.35. The molecule has 0 aromatic heterocycles. The maximum absolute atomic E-state index is 11.5. The number of halogens is 1. The highest BCUT2D eigenvalue weighted by Gasteiger charge is 2.22. The van der Waals surface area contributed by atoms with E-state index in [0.717, 1.165) is 12.8 Å². The molecule has 1 saturated carbocycles. The third-order valence-electron chi connectivity index (χ3n) is 1.50. The largest absolute Gasteiger partial charge is 0.352 e. The van der Waals surface area contributed by atoms with E-state index in [1.54, 1.807) is 0 Å². The van der Waals surface area contributed by atoms with Gasteiger partial charge in [0, 0.05) is 12.6 Å². The molecule has 0 bridgehead atoms. The molecular formula is C7H13FN2O. The van der Waals surface area contributed by atoms with Crippen LogP contribution in [0.5, 0.6) is 0 Å². The summed E-state index contributed by atoms with van der Waals surface area (Å²) in [5.41, 5.74) is 0. The van der Waals surface area contributed by atoms with Crippen LogP contribution in [0.15, 0.2) is 0 Å². The first-order chi connectivity index (χ1) is 5.33. The Hall–Kier alpha value is -0.640. The zero-order valence-corrected chi connectivity index (χ0v) is 6.40. The van der Waals surface area contributed by atoms with E-state index >= 15 is 0 Å². The van der Waals surface area contributed by atoms with Crippen molar-refractivity contribution in [2.24, 2.45) is 0 Å². The summed E-state index contributed by atoms with van der Waals surface area (Å²) >= 11 is 0. The van der Waals surface area contributed by atoms with E-state index in [1.807, 2.05) is 0 Å². The SMILES string of the molecule is O=C(CNCCF)NC1CC1. The number of hydrogen-bond acceptors (Lipinski definition) is 2. The van der Waals surface area contributed by atoms with Crippen LogP contribution in [-0.4, -0.2) is 31.7 Å². The molecule has 0 saturated heterocycles. The molecule has 0 radical (unpaired) electrons. The molecular weight excluding hydrogens is 147 g/mol. The summed E-state index contributed by atoms with van der Waals surface area (Å²) < 4.78 is 11.5. The molecule has 1 rings (SSSR count). The average Bonchev–Trinajstić information content (AvgIpc) is 2.72. The number of hydrogen-bond donors (Lipinski definition) is 2.